The van der Waals surface area contributed by atoms with E-state index in [0.29, 0.717) is 25.0 Å². The number of aryl methyl sites for hydroxylation is 1. The van der Waals surface area contributed by atoms with Gasteiger partial charge in [0.05, 0.1) is 18.6 Å². The molecule has 5 rings (SSSR count). The number of nitrogens with one attached hydrogen (secondary N) is 1. The van der Waals surface area contributed by atoms with Crippen LogP contribution < -0.4 is 15.1 Å². The lowest BCUT2D eigenvalue weighted by atomic mass is 10.2. The van der Waals surface area contributed by atoms with Gasteiger partial charge in [-0.05, 0) is 25.5 Å². The summed E-state index contributed by atoms with van der Waals surface area (Å²) in [5.74, 6) is 0.779. The second-order valence-electron chi connectivity index (χ2n) is 7.81. The van der Waals surface area contributed by atoms with Crippen molar-refractivity contribution in [3.05, 3.63) is 22.6 Å². The van der Waals surface area contributed by atoms with E-state index in [4.69, 9.17) is 9.97 Å². The van der Waals surface area contributed by atoms with Gasteiger partial charge in [0, 0.05) is 24.5 Å². The van der Waals surface area contributed by atoms with Crippen molar-refractivity contribution in [3.8, 4) is 0 Å². The van der Waals surface area contributed by atoms with Crippen LogP contribution in [0.2, 0.25) is 0 Å². The first kappa shape index (κ1) is 20.4. The molecule has 1 N–H and O–H groups in total. The van der Waals surface area contributed by atoms with Crippen molar-refractivity contribution < 1.29 is 13.2 Å². The number of rotatable bonds is 4. The van der Waals surface area contributed by atoms with Crippen molar-refractivity contribution in [1.29, 1.82) is 0 Å². The zero-order valence-corrected chi connectivity index (χ0v) is 17.9. The fourth-order valence-corrected chi connectivity index (χ4v) is 5.22. The van der Waals surface area contributed by atoms with Crippen LogP contribution in [0.3, 0.4) is 0 Å². The van der Waals surface area contributed by atoms with Crippen LogP contribution in [0.5, 0.6) is 0 Å². The van der Waals surface area contributed by atoms with Crippen LogP contribution in [0.25, 0.3) is 10.2 Å². The minimum Gasteiger partial charge on any atom is -0.347 e. The summed E-state index contributed by atoms with van der Waals surface area (Å²) in [5, 5.41) is 11.5. The Morgan fingerprint density at radius 1 is 1.13 bits per heavy atom. The van der Waals surface area contributed by atoms with E-state index >= 15 is 0 Å². The monoisotopic (exact) mass is 452 g/mol. The van der Waals surface area contributed by atoms with E-state index < -0.39 is 12.0 Å². The lowest BCUT2D eigenvalue weighted by molar-refractivity contribution is -0.147. The predicted octanol–water partition coefficient (Wildman–Crippen LogP) is 3.03. The third-order valence-electron chi connectivity index (χ3n) is 5.58. The molecule has 31 heavy (non-hydrogen) atoms. The maximum absolute atomic E-state index is 13.2. The lowest BCUT2D eigenvalue weighted by Crippen LogP contribution is -2.42. The van der Waals surface area contributed by atoms with Crippen molar-refractivity contribution in [2.45, 2.75) is 45.5 Å². The van der Waals surface area contributed by atoms with Gasteiger partial charge in [0.25, 0.3) is 0 Å². The van der Waals surface area contributed by atoms with Gasteiger partial charge in [-0.1, -0.05) is 13.3 Å². The highest BCUT2D eigenvalue weighted by Crippen LogP contribution is 2.36. The first-order chi connectivity index (χ1) is 14.9. The molecular formula is C19H23F3N8S. The zero-order chi connectivity index (χ0) is 21.6. The number of alkyl halides is 3. The molecule has 2 aliphatic heterocycles. The molecule has 8 nitrogen and oxygen atoms in total. The van der Waals surface area contributed by atoms with Crippen LogP contribution >= 0.6 is 11.3 Å². The first-order valence-corrected chi connectivity index (χ1v) is 11.3. The highest BCUT2D eigenvalue weighted by molar-refractivity contribution is 7.18. The number of fused-ring (bicyclic) bond motifs is 2. The molecule has 12 heteroatoms. The standard InChI is InChI=1S/C19H23F3N8S/c1-2-4-12-9-13-15(24-18(25-16(13)31-12)29-6-3-5-23-11-29)28-7-8-30-14(10-28)26-27-17(30)19(20,21)22/h9,23H,2-8,10-11H2,1H3. The van der Waals surface area contributed by atoms with Crippen molar-refractivity contribution in [1.82, 2.24) is 30.0 Å². The molecule has 0 spiro atoms. The third-order valence-corrected chi connectivity index (χ3v) is 6.67. The topological polar surface area (TPSA) is 75.0 Å². The van der Waals surface area contributed by atoms with Crippen LogP contribution in [-0.2, 0) is 25.7 Å². The summed E-state index contributed by atoms with van der Waals surface area (Å²) in [6.07, 6.45) is -1.50. The van der Waals surface area contributed by atoms with E-state index in [1.165, 1.54) is 9.44 Å². The van der Waals surface area contributed by atoms with Crippen molar-refractivity contribution in [2.24, 2.45) is 0 Å². The van der Waals surface area contributed by atoms with Crippen LogP contribution in [0.4, 0.5) is 24.9 Å². The Morgan fingerprint density at radius 2 is 2.00 bits per heavy atom. The summed E-state index contributed by atoms with van der Waals surface area (Å²) in [7, 11) is 0. The van der Waals surface area contributed by atoms with Crippen molar-refractivity contribution in [3.63, 3.8) is 0 Å². The summed E-state index contributed by atoms with van der Waals surface area (Å²) in [6.45, 7) is 5.44. The molecule has 0 aromatic carbocycles. The SMILES string of the molecule is CCCc1cc2c(N3CCn4c(nnc4C(F)(F)F)C3)nc(N3CCCNC3)nc2s1. The minimum absolute atomic E-state index is 0.162. The largest absolute Gasteiger partial charge is 0.451 e. The molecule has 0 atom stereocenters. The predicted molar refractivity (Wildman–Crippen MR) is 112 cm³/mol. The Morgan fingerprint density at radius 3 is 2.74 bits per heavy atom. The summed E-state index contributed by atoms with van der Waals surface area (Å²) in [6, 6.07) is 2.12. The van der Waals surface area contributed by atoms with Gasteiger partial charge >= 0.3 is 6.18 Å². The van der Waals surface area contributed by atoms with E-state index in [1.807, 2.05) is 4.90 Å². The smallest absolute Gasteiger partial charge is 0.347 e. The molecule has 0 amide bonds. The molecule has 0 bridgehead atoms. The van der Waals surface area contributed by atoms with Gasteiger partial charge in [-0.2, -0.15) is 18.2 Å². The minimum atomic E-state index is -4.51. The first-order valence-electron chi connectivity index (χ1n) is 10.4. The number of anilines is 2. The van der Waals surface area contributed by atoms with Crippen molar-refractivity contribution >= 4 is 33.3 Å². The number of hydrogen-bond acceptors (Lipinski definition) is 8. The maximum Gasteiger partial charge on any atom is 0.451 e. The molecule has 166 valence electrons. The van der Waals surface area contributed by atoms with E-state index in [0.717, 1.165) is 48.4 Å². The van der Waals surface area contributed by atoms with Gasteiger partial charge in [-0.25, -0.2) is 4.98 Å². The highest BCUT2D eigenvalue weighted by Gasteiger charge is 2.39. The molecule has 1 saturated heterocycles. The second kappa shape index (κ2) is 7.90. The summed E-state index contributed by atoms with van der Waals surface area (Å²) in [4.78, 5) is 16.0. The fraction of sp³-hybridized carbons (Fsp3) is 0.579. The molecule has 1 fully saturated rings. The molecular weight excluding hydrogens is 429 g/mol. The maximum atomic E-state index is 13.2. The van der Waals surface area contributed by atoms with Gasteiger partial charge in [0.2, 0.25) is 11.8 Å². The summed E-state index contributed by atoms with van der Waals surface area (Å²) in [5.41, 5.74) is 0. The van der Waals surface area contributed by atoms with Crippen LogP contribution in [0.1, 0.15) is 36.3 Å². The Hall–Kier alpha value is -2.47. The normalized spacial score (nSPS) is 17.4. The fourth-order valence-electron chi connectivity index (χ4n) is 4.10. The van der Waals surface area contributed by atoms with Gasteiger partial charge in [-0.3, -0.25) is 5.32 Å². The van der Waals surface area contributed by atoms with E-state index in [1.54, 1.807) is 11.3 Å². The second-order valence-corrected chi connectivity index (χ2v) is 8.93. The lowest BCUT2D eigenvalue weighted by Gasteiger charge is -2.31. The average molecular weight is 453 g/mol. The molecule has 3 aromatic rings. The number of thiophene rings is 1. The Kier molecular flexibility index (Phi) is 5.21. The van der Waals surface area contributed by atoms with Crippen LogP contribution in [0.15, 0.2) is 6.07 Å². The number of nitrogens with zero attached hydrogens (tertiary/aromatic N) is 7. The summed E-state index contributed by atoms with van der Waals surface area (Å²) >= 11 is 1.66. The Labute approximate surface area is 181 Å². The molecule has 0 aliphatic carbocycles. The molecule has 0 saturated carbocycles. The Bertz CT molecular complexity index is 1090. The van der Waals surface area contributed by atoms with Crippen LogP contribution in [-0.4, -0.2) is 51.0 Å². The van der Waals surface area contributed by atoms with Crippen LogP contribution in [0, 0.1) is 0 Å². The molecule has 2 aliphatic rings. The number of hydrogen-bond donors (Lipinski definition) is 1. The molecule has 3 aromatic heterocycles. The highest BCUT2D eigenvalue weighted by atomic mass is 32.1. The van der Waals surface area contributed by atoms with E-state index in [-0.39, 0.29) is 13.1 Å². The third kappa shape index (κ3) is 3.82. The molecule has 5 heterocycles. The van der Waals surface area contributed by atoms with Gasteiger partial charge in [0.1, 0.15) is 10.6 Å². The number of aromatic nitrogens is 5. The molecule has 0 unspecified atom stereocenters. The summed E-state index contributed by atoms with van der Waals surface area (Å²) < 4.78 is 40.8. The zero-order valence-electron chi connectivity index (χ0n) is 17.1. The van der Waals surface area contributed by atoms with E-state index in [9.17, 15) is 13.2 Å². The number of halogens is 3. The van der Waals surface area contributed by atoms with E-state index in [2.05, 4.69) is 33.4 Å². The Balaban J connectivity index is 1.54. The quantitative estimate of drug-likeness (QED) is 0.652. The average Bonchev–Trinajstić information content (AvgIpc) is 3.37. The van der Waals surface area contributed by atoms with Gasteiger partial charge < -0.3 is 14.4 Å². The molecule has 0 radical (unpaired) electrons. The van der Waals surface area contributed by atoms with Gasteiger partial charge in [-0.15, -0.1) is 21.5 Å². The van der Waals surface area contributed by atoms with Crippen molar-refractivity contribution in [2.75, 3.05) is 36.1 Å². The van der Waals surface area contributed by atoms with Gasteiger partial charge in [0.15, 0.2) is 5.82 Å².